The van der Waals surface area contributed by atoms with Crippen LogP contribution in [0.4, 0.5) is 11.4 Å². The highest BCUT2D eigenvalue weighted by Crippen LogP contribution is 2.19. The first-order chi connectivity index (χ1) is 26.4. The summed E-state index contributed by atoms with van der Waals surface area (Å²) < 4.78 is 25.8. The monoisotopic (exact) mass is 754 g/mol. The van der Waals surface area contributed by atoms with Crippen LogP contribution in [0.1, 0.15) is 51.7 Å². The van der Waals surface area contributed by atoms with Gasteiger partial charge in [-0.3, -0.25) is 0 Å². The van der Waals surface area contributed by atoms with E-state index in [-0.39, 0.29) is 48.7 Å². The van der Waals surface area contributed by atoms with Crippen LogP contribution in [0.25, 0.3) is 12.2 Å². The summed E-state index contributed by atoms with van der Waals surface area (Å²) in [7, 11) is 0. The molecule has 0 N–H and O–H groups in total. The molecule has 13 heteroatoms. The predicted octanol–water partition coefficient (Wildman–Crippen LogP) is 5.98. The maximum absolute atomic E-state index is 12.3. The average molecular weight is 755 g/mol. The lowest BCUT2D eigenvalue weighted by molar-refractivity contribution is -0.147. The van der Waals surface area contributed by atoms with Crippen molar-refractivity contribution in [1.82, 2.24) is 0 Å². The maximum Gasteiger partial charge on any atom is 0.349 e. The fourth-order valence-corrected chi connectivity index (χ4v) is 4.87. The van der Waals surface area contributed by atoms with Crippen molar-refractivity contribution in [2.24, 2.45) is 0 Å². The van der Waals surface area contributed by atoms with E-state index in [0.717, 1.165) is 50.4 Å². The second-order valence-electron chi connectivity index (χ2n) is 12.1. The average Bonchev–Trinajstić information content (AvgIpc) is 3.18. The molecule has 292 valence electrons. The van der Waals surface area contributed by atoms with Crippen molar-refractivity contribution in [3.05, 3.63) is 95.1 Å². The van der Waals surface area contributed by atoms with Crippen molar-refractivity contribution in [2.45, 2.75) is 40.5 Å². The zero-order chi connectivity index (χ0) is 40.6. The summed E-state index contributed by atoms with van der Waals surface area (Å²) in [4.78, 5) is 51.9. The summed E-state index contributed by atoms with van der Waals surface area (Å²) in [5.41, 5.74) is 3.49. The molecule has 55 heavy (non-hydrogen) atoms. The number of nitriles is 2. The summed E-state index contributed by atoms with van der Waals surface area (Å²) in [6.07, 6.45) is 4.56. The van der Waals surface area contributed by atoms with Gasteiger partial charge in [-0.2, -0.15) is 10.5 Å². The highest BCUT2D eigenvalue weighted by Gasteiger charge is 2.14. The van der Waals surface area contributed by atoms with Gasteiger partial charge in [0.15, 0.2) is 0 Å². The highest BCUT2D eigenvalue weighted by molar-refractivity contribution is 5.98. The van der Waals surface area contributed by atoms with Crippen molar-refractivity contribution in [3.8, 4) is 12.1 Å². The van der Waals surface area contributed by atoms with Gasteiger partial charge >= 0.3 is 23.9 Å². The molecule has 13 nitrogen and oxygen atoms in total. The van der Waals surface area contributed by atoms with E-state index in [9.17, 15) is 29.7 Å². The van der Waals surface area contributed by atoms with Gasteiger partial charge in [0, 0.05) is 61.9 Å². The van der Waals surface area contributed by atoms with Crippen LogP contribution < -0.4 is 9.80 Å². The fourth-order valence-electron chi connectivity index (χ4n) is 4.87. The van der Waals surface area contributed by atoms with Crippen LogP contribution in [-0.4, -0.2) is 89.7 Å². The van der Waals surface area contributed by atoms with E-state index in [1.165, 1.54) is 26.0 Å². The number of hydrogen-bond donors (Lipinski definition) is 0. The van der Waals surface area contributed by atoms with Crippen molar-refractivity contribution in [1.29, 1.82) is 10.5 Å². The van der Waals surface area contributed by atoms with Crippen LogP contribution in [0.15, 0.2) is 84.0 Å². The number of carbonyl (C=O) groups excluding carboxylic acids is 4. The molecule has 0 aliphatic heterocycles. The van der Waals surface area contributed by atoms with Gasteiger partial charge in [-0.25, -0.2) is 19.2 Å². The Bertz CT molecular complexity index is 1640. The number of carbonyl (C=O) groups is 4. The molecule has 0 saturated heterocycles. The van der Waals surface area contributed by atoms with Gasteiger partial charge in [0.2, 0.25) is 0 Å². The first-order valence-corrected chi connectivity index (χ1v) is 17.9. The van der Waals surface area contributed by atoms with Crippen molar-refractivity contribution >= 4 is 47.4 Å². The number of ether oxygens (including phenoxy) is 5. The number of nitrogens with zero attached hydrogens (tertiary/aromatic N) is 4. The molecule has 2 aromatic carbocycles. The molecule has 0 spiro atoms. The predicted molar refractivity (Wildman–Crippen MR) is 209 cm³/mol. The molecule has 0 saturated carbocycles. The van der Waals surface area contributed by atoms with Gasteiger partial charge < -0.3 is 33.5 Å². The molecule has 0 bridgehead atoms. The number of rotatable bonds is 24. The van der Waals surface area contributed by atoms with Crippen LogP contribution in [0.5, 0.6) is 0 Å². The molecule has 0 heterocycles. The zero-order valence-electron chi connectivity index (χ0n) is 32.1. The Hall–Kier alpha value is -6.18. The lowest BCUT2D eigenvalue weighted by Gasteiger charge is -2.24. The summed E-state index contributed by atoms with van der Waals surface area (Å²) in [6, 6.07) is 18.8. The van der Waals surface area contributed by atoms with Gasteiger partial charge in [-0.1, -0.05) is 37.4 Å². The van der Waals surface area contributed by atoms with Crippen LogP contribution in [-0.2, 0) is 42.9 Å². The van der Waals surface area contributed by atoms with E-state index >= 15 is 0 Å². The van der Waals surface area contributed by atoms with Crippen molar-refractivity contribution in [2.75, 3.05) is 75.6 Å². The Morgan fingerprint density at radius 2 is 0.909 bits per heavy atom. The second kappa shape index (κ2) is 24.9. The normalized spacial score (nSPS) is 11.0. The smallest absolute Gasteiger partial charge is 0.349 e. The highest BCUT2D eigenvalue weighted by atomic mass is 16.6. The molecule has 0 aliphatic rings. The van der Waals surface area contributed by atoms with E-state index in [1.807, 2.05) is 60.7 Å². The molecular weight excluding hydrogens is 704 g/mol. The third-order valence-electron chi connectivity index (χ3n) is 7.81. The molecule has 2 rings (SSSR count). The van der Waals surface area contributed by atoms with Crippen LogP contribution >= 0.6 is 0 Å². The van der Waals surface area contributed by atoms with Crippen LogP contribution in [0, 0.1) is 22.7 Å². The first-order valence-electron chi connectivity index (χ1n) is 17.9. The van der Waals surface area contributed by atoms with Gasteiger partial charge in [0.1, 0.15) is 49.7 Å². The first kappa shape index (κ1) is 45.0. The third kappa shape index (κ3) is 16.6. The third-order valence-corrected chi connectivity index (χ3v) is 7.81. The Morgan fingerprint density at radius 3 is 1.20 bits per heavy atom. The topological polar surface area (TPSA) is 168 Å². The second-order valence-corrected chi connectivity index (χ2v) is 12.1. The Morgan fingerprint density at radius 1 is 0.582 bits per heavy atom. The standard InChI is InChI=1S/C42H50N4O9/c1-7-45(37-15-11-33(12-16-37)27-35(29-43)41(49)54-25-23-52-39(47)31(3)4)19-9-21-51-22-10-20-46(8-2)38-17-13-34(14-18-38)28-36(30-44)42(50)55-26-24-53-40(48)32(5)6/h11-18,27-28H,3,5,7-10,19-26H2,1-2,4,6H3. The van der Waals surface area contributed by atoms with Crippen molar-refractivity contribution in [3.63, 3.8) is 0 Å². The number of hydrogen-bond acceptors (Lipinski definition) is 13. The van der Waals surface area contributed by atoms with Gasteiger partial charge in [-0.15, -0.1) is 0 Å². The minimum Gasteiger partial charge on any atom is -0.459 e. The minimum absolute atomic E-state index is 0.131. The Kier molecular flexibility index (Phi) is 20.4. The van der Waals surface area contributed by atoms with Gasteiger partial charge in [0.05, 0.1) is 0 Å². The molecular formula is C42H50N4O9. The molecule has 0 aliphatic carbocycles. The molecule has 2 aromatic rings. The van der Waals surface area contributed by atoms with E-state index < -0.39 is 23.9 Å². The van der Waals surface area contributed by atoms with E-state index in [4.69, 9.17) is 23.7 Å². The fraction of sp³-hybridized carbons (Fsp3) is 0.381. The number of anilines is 2. The number of benzene rings is 2. The Balaban J connectivity index is 1.76. The van der Waals surface area contributed by atoms with Gasteiger partial charge in [0.25, 0.3) is 0 Å². The summed E-state index contributed by atoms with van der Waals surface area (Å²) >= 11 is 0. The van der Waals surface area contributed by atoms with E-state index in [0.29, 0.717) is 24.3 Å². The van der Waals surface area contributed by atoms with Crippen LogP contribution in [0.2, 0.25) is 0 Å². The summed E-state index contributed by atoms with van der Waals surface area (Å²) in [5, 5.41) is 18.9. The van der Waals surface area contributed by atoms with E-state index in [1.54, 1.807) is 0 Å². The SMILES string of the molecule is C=C(C)C(=O)OCCOC(=O)C(C#N)=Cc1ccc(N(CC)CCCOCCCN(CC)c2ccc(C=C(C#N)C(=O)OCCOC(=O)C(=C)C)cc2)cc1. The Labute approximate surface area is 323 Å². The maximum atomic E-state index is 12.3. The molecule has 0 unspecified atom stereocenters. The minimum atomic E-state index is -0.800. The summed E-state index contributed by atoms with van der Waals surface area (Å²) in [6.45, 7) is 17.9. The van der Waals surface area contributed by atoms with Gasteiger partial charge in [-0.05, 0) is 88.1 Å². The van der Waals surface area contributed by atoms with Crippen LogP contribution in [0.3, 0.4) is 0 Å². The molecule has 0 radical (unpaired) electrons. The quantitative estimate of drug-likeness (QED) is 0.0404. The number of esters is 4. The van der Waals surface area contributed by atoms with E-state index in [2.05, 4.69) is 36.8 Å². The molecule has 0 amide bonds. The lowest BCUT2D eigenvalue weighted by atomic mass is 10.1. The lowest BCUT2D eigenvalue weighted by Crippen LogP contribution is -2.26. The molecule has 0 aromatic heterocycles. The summed E-state index contributed by atoms with van der Waals surface area (Å²) in [5.74, 6) is -2.76. The molecule has 0 fully saturated rings. The largest absolute Gasteiger partial charge is 0.459 e. The molecule has 0 atom stereocenters. The van der Waals surface area contributed by atoms with Crippen molar-refractivity contribution < 1.29 is 42.9 Å². The zero-order valence-corrected chi connectivity index (χ0v) is 32.1.